The van der Waals surface area contributed by atoms with Crippen LogP contribution in [0.25, 0.3) is 0 Å². The second-order valence-corrected chi connectivity index (χ2v) is 2.99. The molecule has 0 aromatic carbocycles. The molecular weight excluding hydrogens is 198 g/mol. The number of hydrogen-bond acceptors (Lipinski definition) is 6. The minimum absolute atomic E-state index is 0.0645. The number of nitrogens with zero attached hydrogens (tertiary/aromatic N) is 2. The number of rotatable bonds is 4. The second-order valence-electron chi connectivity index (χ2n) is 2.99. The fraction of sp³-hybridized carbons (Fsp3) is 0.444. The van der Waals surface area contributed by atoms with Gasteiger partial charge in [-0.25, -0.2) is 4.98 Å². The summed E-state index contributed by atoms with van der Waals surface area (Å²) in [7, 11) is 0. The van der Waals surface area contributed by atoms with Crippen molar-refractivity contribution in [2.24, 2.45) is 0 Å². The van der Waals surface area contributed by atoms with Crippen LogP contribution in [0.3, 0.4) is 0 Å². The molecule has 3 N–H and O–H groups in total. The van der Waals surface area contributed by atoms with E-state index in [2.05, 4.69) is 9.97 Å². The van der Waals surface area contributed by atoms with Crippen LogP contribution in [0.1, 0.15) is 26.2 Å². The topological polar surface area (TPSA) is 98.3 Å². The molecule has 15 heavy (non-hydrogen) atoms. The molecule has 0 fully saturated rings. The van der Waals surface area contributed by atoms with Crippen molar-refractivity contribution in [3.63, 3.8) is 0 Å². The van der Waals surface area contributed by atoms with Gasteiger partial charge in [-0.05, 0) is 6.42 Å². The van der Waals surface area contributed by atoms with E-state index >= 15 is 0 Å². The van der Waals surface area contributed by atoms with Crippen molar-refractivity contribution in [2.75, 3.05) is 5.73 Å². The highest BCUT2D eigenvalue weighted by Gasteiger charge is 2.10. The van der Waals surface area contributed by atoms with Crippen LogP contribution in [-0.2, 0) is 4.79 Å². The van der Waals surface area contributed by atoms with Crippen molar-refractivity contribution in [3.8, 4) is 11.6 Å². The summed E-state index contributed by atoms with van der Waals surface area (Å²) < 4.78 is 4.83. The highest BCUT2D eigenvalue weighted by atomic mass is 16.5. The predicted octanol–water partition coefficient (Wildman–Crippen LogP) is 0.860. The Balaban J connectivity index is 2.60. The lowest BCUT2D eigenvalue weighted by atomic mass is 10.2. The summed E-state index contributed by atoms with van der Waals surface area (Å²) in [6.07, 6.45) is 3.12. The fourth-order valence-electron chi connectivity index (χ4n) is 0.942. The second kappa shape index (κ2) is 5.14. The molecule has 1 rings (SSSR count). The Kier molecular flexibility index (Phi) is 3.84. The number of ether oxygens (including phenoxy) is 1. The number of unbranched alkanes of at least 4 members (excludes halogenated alkanes) is 1. The summed E-state index contributed by atoms with van der Waals surface area (Å²) >= 11 is 0. The number of aromatic hydroxyl groups is 1. The molecule has 0 aliphatic heterocycles. The standard InChI is InChI=1S/C9H13N3O3/c1-2-3-4-7(13)15-6-5-11-9(10)12-8(6)14/h5H,2-4H2,1H3,(H3,10,11,12,14). The third-order valence-electron chi connectivity index (χ3n) is 1.71. The van der Waals surface area contributed by atoms with Gasteiger partial charge in [0, 0.05) is 6.42 Å². The molecule has 0 aliphatic carbocycles. The van der Waals surface area contributed by atoms with Gasteiger partial charge in [0.2, 0.25) is 11.7 Å². The smallest absolute Gasteiger partial charge is 0.311 e. The zero-order valence-corrected chi connectivity index (χ0v) is 8.43. The Hall–Kier alpha value is -1.85. The fourth-order valence-corrected chi connectivity index (χ4v) is 0.942. The Labute approximate surface area is 87.1 Å². The lowest BCUT2D eigenvalue weighted by Crippen LogP contribution is -2.08. The van der Waals surface area contributed by atoms with Crippen molar-refractivity contribution in [1.29, 1.82) is 0 Å². The quantitative estimate of drug-likeness (QED) is 0.716. The van der Waals surface area contributed by atoms with E-state index in [1.54, 1.807) is 0 Å². The first-order chi connectivity index (χ1) is 7.13. The van der Waals surface area contributed by atoms with E-state index in [4.69, 9.17) is 10.5 Å². The van der Waals surface area contributed by atoms with Gasteiger partial charge in [-0.1, -0.05) is 13.3 Å². The van der Waals surface area contributed by atoms with Crippen molar-refractivity contribution >= 4 is 11.9 Å². The van der Waals surface area contributed by atoms with Crippen LogP contribution in [0.5, 0.6) is 11.6 Å². The Morgan fingerprint density at radius 3 is 3.00 bits per heavy atom. The molecule has 82 valence electrons. The monoisotopic (exact) mass is 211 g/mol. The van der Waals surface area contributed by atoms with Crippen LogP contribution in [-0.4, -0.2) is 21.0 Å². The minimum atomic E-state index is -0.424. The summed E-state index contributed by atoms with van der Waals surface area (Å²) in [5.74, 6) is -0.973. The van der Waals surface area contributed by atoms with Gasteiger partial charge >= 0.3 is 5.97 Å². The van der Waals surface area contributed by atoms with Gasteiger partial charge in [-0.15, -0.1) is 0 Å². The maximum Gasteiger partial charge on any atom is 0.311 e. The summed E-state index contributed by atoms with van der Waals surface area (Å²) in [4.78, 5) is 18.2. The van der Waals surface area contributed by atoms with E-state index in [0.717, 1.165) is 12.8 Å². The van der Waals surface area contributed by atoms with Crippen molar-refractivity contribution in [2.45, 2.75) is 26.2 Å². The number of nitrogen functional groups attached to an aromatic ring is 1. The van der Waals surface area contributed by atoms with Gasteiger partial charge in [0.25, 0.3) is 5.88 Å². The van der Waals surface area contributed by atoms with Crippen LogP contribution in [0.15, 0.2) is 6.20 Å². The third-order valence-corrected chi connectivity index (χ3v) is 1.71. The van der Waals surface area contributed by atoms with Crippen LogP contribution in [0, 0.1) is 0 Å². The van der Waals surface area contributed by atoms with E-state index < -0.39 is 11.8 Å². The van der Waals surface area contributed by atoms with Crippen LogP contribution < -0.4 is 10.5 Å². The predicted molar refractivity (Wildman–Crippen MR) is 53.3 cm³/mol. The van der Waals surface area contributed by atoms with E-state index in [0.29, 0.717) is 6.42 Å². The summed E-state index contributed by atoms with van der Waals surface area (Å²) in [6, 6.07) is 0. The van der Waals surface area contributed by atoms with E-state index in [1.165, 1.54) is 6.20 Å². The lowest BCUT2D eigenvalue weighted by Gasteiger charge is -2.04. The van der Waals surface area contributed by atoms with E-state index in [1.807, 2.05) is 6.92 Å². The van der Waals surface area contributed by atoms with Crippen LogP contribution >= 0.6 is 0 Å². The van der Waals surface area contributed by atoms with Crippen molar-refractivity contribution < 1.29 is 14.6 Å². The zero-order valence-electron chi connectivity index (χ0n) is 8.43. The number of hydrogen-bond donors (Lipinski definition) is 2. The largest absolute Gasteiger partial charge is 0.491 e. The zero-order chi connectivity index (χ0) is 11.3. The first-order valence-corrected chi connectivity index (χ1v) is 4.65. The molecule has 1 heterocycles. The van der Waals surface area contributed by atoms with Crippen LogP contribution in [0.2, 0.25) is 0 Å². The third kappa shape index (κ3) is 3.41. The first kappa shape index (κ1) is 11.2. The lowest BCUT2D eigenvalue weighted by molar-refractivity contribution is -0.134. The Morgan fingerprint density at radius 2 is 2.40 bits per heavy atom. The van der Waals surface area contributed by atoms with Gasteiger partial charge in [-0.3, -0.25) is 4.79 Å². The molecule has 6 nitrogen and oxygen atoms in total. The molecule has 0 unspecified atom stereocenters. The average Bonchev–Trinajstić information content (AvgIpc) is 2.19. The maximum atomic E-state index is 11.2. The molecule has 0 atom stereocenters. The van der Waals surface area contributed by atoms with Gasteiger partial charge < -0.3 is 15.6 Å². The SMILES string of the molecule is CCCCC(=O)Oc1cnc(N)nc1O. The minimum Gasteiger partial charge on any atom is -0.491 e. The molecule has 0 spiro atoms. The Bertz CT molecular complexity index is 354. The Morgan fingerprint density at radius 1 is 1.67 bits per heavy atom. The number of aromatic nitrogens is 2. The molecular formula is C9H13N3O3. The molecule has 1 aromatic heterocycles. The normalized spacial score (nSPS) is 9.93. The number of nitrogens with two attached hydrogens (primary N) is 1. The summed E-state index contributed by atoms with van der Waals surface area (Å²) in [5, 5.41) is 9.26. The molecule has 0 saturated carbocycles. The summed E-state index contributed by atoms with van der Waals surface area (Å²) in [5.41, 5.74) is 5.22. The molecule has 6 heteroatoms. The summed E-state index contributed by atoms with van der Waals surface area (Å²) in [6.45, 7) is 1.97. The van der Waals surface area contributed by atoms with Gasteiger partial charge in [0.15, 0.2) is 0 Å². The highest BCUT2D eigenvalue weighted by Crippen LogP contribution is 2.22. The molecule has 0 radical (unpaired) electrons. The molecule has 0 saturated heterocycles. The first-order valence-electron chi connectivity index (χ1n) is 4.65. The van der Waals surface area contributed by atoms with E-state index in [-0.39, 0.29) is 11.7 Å². The average molecular weight is 211 g/mol. The highest BCUT2D eigenvalue weighted by molar-refractivity contribution is 5.72. The van der Waals surface area contributed by atoms with Crippen molar-refractivity contribution in [1.82, 2.24) is 9.97 Å². The molecule has 1 aromatic rings. The van der Waals surface area contributed by atoms with E-state index in [9.17, 15) is 9.90 Å². The van der Waals surface area contributed by atoms with Crippen molar-refractivity contribution in [3.05, 3.63) is 6.20 Å². The number of carbonyl (C=O) groups excluding carboxylic acids is 1. The number of anilines is 1. The van der Waals surface area contributed by atoms with Gasteiger partial charge in [0.1, 0.15) is 0 Å². The molecule has 0 aliphatic rings. The number of carbonyl (C=O) groups is 1. The molecule has 0 amide bonds. The van der Waals surface area contributed by atoms with Gasteiger partial charge in [-0.2, -0.15) is 4.98 Å². The van der Waals surface area contributed by atoms with Crippen LogP contribution in [0.4, 0.5) is 5.95 Å². The molecule has 0 bridgehead atoms. The number of esters is 1. The van der Waals surface area contributed by atoms with Gasteiger partial charge in [0.05, 0.1) is 6.20 Å². The maximum absolute atomic E-state index is 11.2.